The summed E-state index contributed by atoms with van der Waals surface area (Å²) >= 11 is 0. The van der Waals surface area contributed by atoms with Crippen molar-refractivity contribution in [2.75, 3.05) is 11.7 Å². The number of hydrogen-bond donors (Lipinski definition) is 0. The average Bonchev–Trinajstić information content (AvgIpc) is 3.30. The highest BCUT2D eigenvalue weighted by molar-refractivity contribution is 6.08. The topological polar surface area (TPSA) is 51.9 Å². The summed E-state index contributed by atoms with van der Waals surface area (Å²) in [6.45, 7) is -0.0262. The van der Waals surface area contributed by atoms with Crippen molar-refractivity contribution in [3.63, 3.8) is 0 Å². The van der Waals surface area contributed by atoms with Gasteiger partial charge in [0.25, 0.3) is 5.91 Å². The van der Waals surface area contributed by atoms with E-state index in [4.69, 9.17) is 13.9 Å². The Morgan fingerprint density at radius 2 is 1.96 bits per heavy atom. The SMILES string of the molecule is O=C(c1cccc2c1OCO2)N(Cc1ccco1)c1ccc(F)cc1F. The zero-order valence-corrected chi connectivity index (χ0v) is 13.4. The molecular formula is C19H13F2NO4. The Balaban J connectivity index is 1.77. The zero-order valence-electron chi connectivity index (χ0n) is 13.4. The van der Waals surface area contributed by atoms with Crippen LogP contribution in [0.3, 0.4) is 0 Å². The van der Waals surface area contributed by atoms with Crippen LogP contribution in [0.25, 0.3) is 0 Å². The number of anilines is 1. The minimum absolute atomic E-state index is 0.00270. The predicted molar refractivity (Wildman–Crippen MR) is 88.1 cm³/mol. The Morgan fingerprint density at radius 1 is 1.08 bits per heavy atom. The van der Waals surface area contributed by atoms with Crippen LogP contribution in [-0.4, -0.2) is 12.7 Å². The highest BCUT2D eigenvalue weighted by atomic mass is 19.1. The number of para-hydroxylation sites is 1. The maximum absolute atomic E-state index is 14.4. The van der Waals surface area contributed by atoms with Crippen molar-refractivity contribution in [3.05, 3.63) is 77.8 Å². The normalized spacial score (nSPS) is 12.2. The minimum Gasteiger partial charge on any atom is -0.467 e. The van der Waals surface area contributed by atoms with Crippen molar-refractivity contribution < 1.29 is 27.5 Å². The first-order chi connectivity index (χ1) is 12.6. The monoisotopic (exact) mass is 357 g/mol. The van der Waals surface area contributed by atoms with Crippen LogP contribution in [-0.2, 0) is 6.54 Å². The number of hydrogen-bond acceptors (Lipinski definition) is 4. The average molecular weight is 357 g/mol. The third kappa shape index (κ3) is 2.88. The molecule has 0 fully saturated rings. The van der Waals surface area contributed by atoms with Crippen LogP contribution in [0, 0.1) is 11.6 Å². The minimum atomic E-state index is -0.852. The molecule has 7 heteroatoms. The fourth-order valence-corrected chi connectivity index (χ4v) is 2.77. The lowest BCUT2D eigenvalue weighted by atomic mass is 10.1. The molecule has 1 amide bonds. The molecule has 0 aliphatic carbocycles. The number of carbonyl (C=O) groups excluding carboxylic acids is 1. The van der Waals surface area contributed by atoms with Crippen LogP contribution < -0.4 is 14.4 Å². The molecule has 0 saturated carbocycles. The molecule has 0 atom stereocenters. The Kier molecular flexibility index (Phi) is 4.04. The van der Waals surface area contributed by atoms with Crippen LogP contribution in [0.2, 0.25) is 0 Å². The van der Waals surface area contributed by atoms with E-state index in [1.54, 1.807) is 30.3 Å². The fourth-order valence-electron chi connectivity index (χ4n) is 2.77. The molecule has 0 spiro atoms. The number of furan rings is 1. The van der Waals surface area contributed by atoms with E-state index in [0.717, 1.165) is 12.1 Å². The van der Waals surface area contributed by atoms with Gasteiger partial charge in [0, 0.05) is 6.07 Å². The maximum atomic E-state index is 14.4. The van der Waals surface area contributed by atoms with Crippen molar-refractivity contribution in [1.82, 2.24) is 0 Å². The van der Waals surface area contributed by atoms with Gasteiger partial charge in [0.15, 0.2) is 11.5 Å². The molecule has 1 aliphatic rings. The van der Waals surface area contributed by atoms with Gasteiger partial charge in [-0.2, -0.15) is 0 Å². The Labute approximate surface area is 147 Å². The van der Waals surface area contributed by atoms with Gasteiger partial charge in [-0.25, -0.2) is 8.78 Å². The summed E-state index contributed by atoms with van der Waals surface area (Å²) < 4.78 is 43.6. The number of halogens is 2. The summed E-state index contributed by atoms with van der Waals surface area (Å²) in [6, 6.07) is 11.2. The van der Waals surface area contributed by atoms with Crippen LogP contribution in [0.4, 0.5) is 14.5 Å². The standard InChI is InChI=1S/C19H13F2NO4/c20-12-6-7-16(15(21)9-12)22(10-13-3-2-8-24-13)19(23)14-4-1-5-17-18(14)26-11-25-17/h1-9H,10-11H2. The molecular weight excluding hydrogens is 344 g/mol. The lowest BCUT2D eigenvalue weighted by molar-refractivity contribution is 0.0977. The van der Waals surface area contributed by atoms with E-state index in [9.17, 15) is 13.6 Å². The number of carbonyl (C=O) groups is 1. The summed E-state index contributed by atoms with van der Waals surface area (Å²) in [7, 11) is 0. The molecule has 0 saturated heterocycles. The second kappa shape index (κ2) is 6.51. The van der Waals surface area contributed by atoms with Crippen LogP contribution in [0.1, 0.15) is 16.1 Å². The van der Waals surface area contributed by atoms with Gasteiger partial charge in [0.2, 0.25) is 6.79 Å². The van der Waals surface area contributed by atoms with Crippen molar-refractivity contribution in [1.29, 1.82) is 0 Å². The van der Waals surface area contributed by atoms with Crippen molar-refractivity contribution in [2.24, 2.45) is 0 Å². The molecule has 132 valence electrons. The van der Waals surface area contributed by atoms with Crippen molar-refractivity contribution >= 4 is 11.6 Å². The molecule has 3 aromatic rings. The number of ether oxygens (including phenoxy) is 2. The van der Waals surface area contributed by atoms with Gasteiger partial charge < -0.3 is 13.9 Å². The number of nitrogens with zero attached hydrogens (tertiary/aromatic N) is 1. The summed E-state index contributed by atoms with van der Waals surface area (Å²) in [5.74, 6) is -0.914. The smallest absolute Gasteiger partial charge is 0.262 e. The third-order valence-corrected chi connectivity index (χ3v) is 3.97. The molecule has 2 heterocycles. The van der Waals surface area contributed by atoms with Gasteiger partial charge in [-0.3, -0.25) is 9.69 Å². The van der Waals surface area contributed by atoms with E-state index in [-0.39, 0.29) is 24.6 Å². The van der Waals surface area contributed by atoms with E-state index in [1.165, 1.54) is 17.2 Å². The molecule has 26 heavy (non-hydrogen) atoms. The van der Waals surface area contributed by atoms with E-state index < -0.39 is 17.5 Å². The fraction of sp³-hybridized carbons (Fsp3) is 0.105. The molecule has 1 aromatic heterocycles. The first-order valence-electron chi connectivity index (χ1n) is 7.81. The zero-order chi connectivity index (χ0) is 18.1. The quantitative estimate of drug-likeness (QED) is 0.704. The number of amides is 1. The number of fused-ring (bicyclic) bond motifs is 1. The van der Waals surface area contributed by atoms with E-state index in [2.05, 4.69) is 0 Å². The highest BCUT2D eigenvalue weighted by Crippen LogP contribution is 2.37. The van der Waals surface area contributed by atoms with Crippen molar-refractivity contribution in [2.45, 2.75) is 6.54 Å². The predicted octanol–water partition coefficient (Wildman–Crippen LogP) is 4.13. The second-order valence-electron chi connectivity index (χ2n) is 5.61. The van der Waals surface area contributed by atoms with Gasteiger partial charge >= 0.3 is 0 Å². The first-order valence-corrected chi connectivity index (χ1v) is 7.81. The largest absolute Gasteiger partial charge is 0.467 e. The van der Waals surface area contributed by atoms with Gasteiger partial charge in [-0.05, 0) is 36.4 Å². The molecule has 1 aliphatic heterocycles. The van der Waals surface area contributed by atoms with E-state index >= 15 is 0 Å². The molecule has 4 rings (SSSR count). The molecule has 5 nitrogen and oxygen atoms in total. The van der Waals surface area contributed by atoms with Gasteiger partial charge in [0.1, 0.15) is 17.4 Å². The molecule has 0 N–H and O–H groups in total. The van der Waals surface area contributed by atoms with Gasteiger partial charge in [-0.15, -0.1) is 0 Å². The molecule has 2 aromatic carbocycles. The Hall–Kier alpha value is -3.35. The Morgan fingerprint density at radius 3 is 2.73 bits per heavy atom. The van der Waals surface area contributed by atoms with Gasteiger partial charge in [-0.1, -0.05) is 6.07 Å². The maximum Gasteiger partial charge on any atom is 0.262 e. The second-order valence-corrected chi connectivity index (χ2v) is 5.61. The van der Waals surface area contributed by atoms with Crippen molar-refractivity contribution in [3.8, 4) is 11.5 Å². The first kappa shape index (κ1) is 16.1. The highest BCUT2D eigenvalue weighted by Gasteiger charge is 2.28. The summed E-state index contributed by atoms with van der Waals surface area (Å²) in [5, 5.41) is 0. The number of rotatable bonds is 4. The van der Waals surface area contributed by atoms with E-state index in [1.807, 2.05) is 0 Å². The molecule has 0 bridgehead atoms. The van der Waals surface area contributed by atoms with Crippen LogP contribution >= 0.6 is 0 Å². The van der Waals surface area contributed by atoms with E-state index in [0.29, 0.717) is 17.3 Å². The summed E-state index contributed by atoms with van der Waals surface area (Å²) in [5.41, 5.74) is 0.152. The lowest BCUT2D eigenvalue weighted by Gasteiger charge is -2.23. The Bertz CT molecular complexity index is 956. The van der Waals surface area contributed by atoms with Crippen LogP contribution in [0.5, 0.6) is 11.5 Å². The van der Waals surface area contributed by atoms with Crippen LogP contribution in [0.15, 0.2) is 59.2 Å². The lowest BCUT2D eigenvalue weighted by Crippen LogP contribution is -2.31. The summed E-state index contributed by atoms with van der Waals surface area (Å²) in [6.07, 6.45) is 1.45. The summed E-state index contributed by atoms with van der Waals surface area (Å²) in [4.78, 5) is 14.3. The molecule has 0 unspecified atom stereocenters. The van der Waals surface area contributed by atoms with Gasteiger partial charge in [0.05, 0.1) is 24.1 Å². The third-order valence-electron chi connectivity index (χ3n) is 3.97. The number of benzene rings is 2. The molecule has 0 radical (unpaired) electrons.